The van der Waals surface area contributed by atoms with Crippen molar-refractivity contribution in [2.24, 2.45) is 0 Å². The molecule has 4 rings (SSSR count). The van der Waals surface area contributed by atoms with Crippen molar-refractivity contribution in [2.75, 3.05) is 19.6 Å². The largest absolute Gasteiger partial charge is 0.358 e. The topological polar surface area (TPSA) is 103 Å². The zero-order chi connectivity index (χ0) is 21.5. The lowest BCUT2D eigenvalue weighted by molar-refractivity contribution is 0.0642. The number of piperazine rings is 1. The Hall–Kier alpha value is -3.04. The third-order valence-electron chi connectivity index (χ3n) is 5.36. The third-order valence-corrected chi connectivity index (χ3v) is 7.41. The highest BCUT2D eigenvalue weighted by Gasteiger charge is 2.36. The molecule has 1 atom stereocenters. The van der Waals surface area contributed by atoms with Gasteiger partial charge in [0.15, 0.2) is 5.78 Å². The Morgan fingerprint density at radius 1 is 1.13 bits per heavy atom. The number of pyridine rings is 1. The number of nitrogens with one attached hydrogen (secondary N) is 1. The predicted octanol–water partition coefficient (Wildman–Crippen LogP) is 2.30. The van der Waals surface area contributed by atoms with Crippen molar-refractivity contribution in [2.45, 2.75) is 24.8 Å². The van der Waals surface area contributed by atoms with Crippen molar-refractivity contribution in [3.8, 4) is 0 Å². The SMILES string of the molecule is CC(=O)c1nccc2c(S(=O)(=O)N3CCN(C(=O)c4ccccc4)CC3C)c[nH]c12. The second-order valence-electron chi connectivity index (χ2n) is 7.37. The minimum absolute atomic E-state index is 0.108. The van der Waals surface area contributed by atoms with Crippen LogP contribution in [0.25, 0.3) is 10.9 Å². The highest BCUT2D eigenvalue weighted by molar-refractivity contribution is 7.89. The van der Waals surface area contributed by atoms with Gasteiger partial charge in [-0.1, -0.05) is 18.2 Å². The van der Waals surface area contributed by atoms with Gasteiger partial charge in [-0.15, -0.1) is 0 Å². The van der Waals surface area contributed by atoms with E-state index in [0.29, 0.717) is 29.6 Å². The van der Waals surface area contributed by atoms with Crippen LogP contribution in [0.5, 0.6) is 0 Å². The van der Waals surface area contributed by atoms with Gasteiger partial charge in [-0.05, 0) is 25.1 Å². The molecule has 0 spiro atoms. The van der Waals surface area contributed by atoms with Crippen LogP contribution in [0, 0.1) is 0 Å². The van der Waals surface area contributed by atoms with E-state index < -0.39 is 16.1 Å². The smallest absolute Gasteiger partial charge is 0.253 e. The molecule has 8 nitrogen and oxygen atoms in total. The number of H-pyrrole nitrogens is 1. The molecule has 2 aromatic heterocycles. The molecular weight excluding hydrogens is 404 g/mol. The summed E-state index contributed by atoms with van der Waals surface area (Å²) in [6.07, 6.45) is 2.84. The lowest BCUT2D eigenvalue weighted by atomic mass is 10.1. The number of fused-ring (bicyclic) bond motifs is 1. The van der Waals surface area contributed by atoms with Crippen LogP contribution < -0.4 is 0 Å². The predicted molar refractivity (Wildman–Crippen MR) is 112 cm³/mol. The zero-order valence-electron chi connectivity index (χ0n) is 16.7. The number of hydrogen-bond acceptors (Lipinski definition) is 5. The Morgan fingerprint density at radius 2 is 1.87 bits per heavy atom. The zero-order valence-corrected chi connectivity index (χ0v) is 17.5. The quantitative estimate of drug-likeness (QED) is 0.645. The number of sulfonamides is 1. The molecular formula is C21H22N4O4S. The van der Waals surface area contributed by atoms with E-state index in [1.54, 1.807) is 42.2 Å². The lowest BCUT2D eigenvalue weighted by Gasteiger charge is -2.38. The third kappa shape index (κ3) is 3.40. The molecule has 3 heterocycles. The number of benzene rings is 1. The van der Waals surface area contributed by atoms with Crippen LogP contribution in [0.3, 0.4) is 0 Å². The number of rotatable bonds is 4. The van der Waals surface area contributed by atoms with Gasteiger partial charge in [0.2, 0.25) is 10.0 Å². The van der Waals surface area contributed by atoms with E-state index in [1.807, 2.05) is 6.07 Å². The number of Topliss-reactive ketones (excluding diaryl/α,β-unsaturated/α-hetero) is 1. The van der Waals surface area contributed by atoms with Gasteiger partial charge in [0.1, 0.15) is 10.6 Å². The Morgan fingerprint density at radius 3 is 2.53 bits per heavy atom. The molecule has 1 N–H and O–H groups in total. The van der Waals surface area contributed by atoms with Crippen molar-refractivity contribution in [3.63, 3.8) is 0 Å². The average molecular weight is 426 g/mol. The van der Waals surface area contributed by atoms with Crippen LogP contribution in [0.1, 0.15) is 34.7 Å². The standard InChI is InChI=1S/C21H22N4O4S/c1-14-13-24(21(27)16-6-4-3-5-7-16)10-11-25(14)30(28,29)18-12-23-20-17(18)8-9-22-19(20)15(2)26/h3-9,12,14,23H,10-11,13H2,1-2H3. The van der Waals surface area contributed by atoms with Gasteiger partial charge in [0.25, 0.3) is 5.91 Å². The molecule has 1 unspecified atom stereocenters. The van der Waals surface area contributed by atoms with Crippen LogP contribution in [0.15, 0.2) is 53.7 Å². The summed E-state index contributed by atoms with van der Waals surface area (Å²) in [4.78, 5) is 33.3. The van der Waals surface area contributed by atoms with Gasteiger partial charge in [-0.25, -0.2) is 8.42 Å². The van der Waals surface area contributed by atoms with E-state index in [1.165, 1.54) is 23.6 Å². The fraction of sp³-hybridized carbons (Fsp3) is 0.286. The van der Waals surface area contributed by atoms with E-state index in [9.17, 15) is 18.0 Å². The fourth-order valence-corrected chi connectivity index (χ4v) is 5.65. The van der Waals surface area contributed by atoms with Crippen molar-refractivity contribution in [3.05, 3.63) is 60.0 Å². The van der Waals surface area contributed by atoms with Gasteiger partial charge < -0.3 is 9.88 Å². The number of carbonyl (C=O) groups is 2. The van der Waals surface area contributed by atoms with Gasteiger partial charge in [0, 0.05) is 55.9 Å². The summed E-state index contributed by atoms with van der Waals surface area (Å²) < 4.78 is 28.2. The molecule has 1 aromatic carbocycles. The van der Waals surface area contributed by atoms with Gasteiger partial charge in [-0.3, -0.25) is 14.6 Å². The Balaban J connectivity index is 1.61. The Labute approximate surface area is 174 Å². The first kappa shape index (κ1) is 20.2. The molecule has 3 aromatic rings. The molecule has 1 aliphatic rings. The highest BCUT2D eigenvalue weighted by atomic mass is 32.2. The first-order valence-electron chi connectivity index (χ1n) is 9.64. The summed E-state index contributed by atoms with van der Waals surface area (Å²) in [7, 11) is -3.83. The molecule has 156 valence electrons. The maximum atomic E-state index is 13.4. The first-order valence-corrected chi connectivity index (χ1v) is 11.1. The second kappa shape index (κ2) is 7.66. The summed E-state index contributed by atoms with van der Waals surface area (Å²) in [5, 5.41) is 0.435. The van der Waals surface area contributed by atoms with Crippen molar-refractivity contribution in [1.82, 2.24) is 19.2 Å². The average Bonchev–Trinajstić information content (AvgIpc) is 3.18. The minimum atomic E-state index is -3.83. The second-order valence-corrected chi connectivity index (χ2v) is 9.23. The number of aromatic amines is 1. The molecule has 0 bridgehead atoms. The van der Waals surface area contributed by atoms with E-state index in [2.05, 4.69) is 9.97 Å². The number of ketones is 1. The van der Waals surface area contributed by atoms with Crippen molar-refractivity contribution >= 4 is 32.6 Å². The van der Waals surface area contributed by atoms with Gasteiger partial charge in [-0.2, -0.15) is 4.31 Å². The lowest BCUT2D eigenvalue weighted by Crippen LogP contribution is -2.55. The number of hydrogen-bond donors (Lipinski definition) is 1. The van der Waals surface area contributed by atoms with E-state index in [4.69, 9.17) is 0 Å². The first-order chi connectivity index (χ1) is 14.3. The molecule has 0 aliphatic carbocycles. The van der Waals surface area contributed by atoms with Crippen molar-refractivity contribution in [1.29, 1.82) is 0 Å². The number of aromatic nitrogens is 2. The van der Waals surface area contributed by atoms with Gasteiger partial charge >= 0.3 is 0 Å². The monoisotopic (exact) mass is 426 g/mol. The summed E-state index contributed by atoms with van der Waals surface area (Å²) in [5.74, 6) is -0.350. The Bertz CT molecular complexity index is 1220. The van der Waals surface area contributed by atoms with Crippen LogP contribution in [0.4, 0.5) is 0 Å². The van der Waals surface area contributed by atoms with Gasteiger partial charge in [0.05, 0.1) is 5.52 Å². The molecule has 1 fully saturated rings. The highest BCUT2D eigenvalue weighted by Crippen LogP contribution is 2.29. The number of amides is 1. The van der Waals surface area contributed by atoms with Crippen molar-refractivity contribution < 1.29 is 18.0 Å². The summed E-state index contributed by atoms with van der Waals surface area (Å²) in [6, 6.07) is 10.2. The summed E-state index contributed by atoms with van der Waals surface area (Å²) in [6.45, 7) is 3.98. The van der Waals surface area contributed by atoms with Crippen LogP contribution in [-0.4, -0.2) is 65.0 Å². The molecule has 0 radical (unpaired) electrons. The molecule has 1 amide bonds. The van der Waals surface area contributed by atoms with E-state index in [-0.39, 0.29) is 28.8 Å². The number of nitrogens with zero attached hydrogens (tertiary/aromatic N) is 3. The van der Waals surface area contributed by atoms with E-state index >= 15 is 0 Å². The van der Waals surface area contributed by atoms with Crippen LogP contribution in [0.2, 0.25) is 0 Å². The molecule has 30 heavy (non-hydrogen) atoms. The maximum absolute atomic E-state index is 13.4. The maximum Gasteiger partial charge on any atom is 0.253 e. The molecule has 0 saturated carbocycles. The molecule has 9 heteroatoms. The molecule has 1 saturated heterocycles. The summed E-state index contributed by atoms with van der Waals surface area (Å²) in [5.41, 5.74) is 1.20. The molecule has 1 aliphatic heterocycles. The van der Waals surface area contributed by atoms with Crippen LogP contribution >= 0.6 is 0 Å². The minimum Gasteiger partial charge on any atom is -0.358 e. The normalized spacial score (nSPS) is 17.9. The fourth-order valence-electron chi connectivity index (χ4n) is 3.88. The Kier molecular flexibility index (Phi) is 5.17. The summed E-state index contributed by atoms with van der Waals surface area (Å²) >= 11 is 0. The van der Waals surface area contributed by atoms with Crippen LogP contribution in [-0.2, 0) is 10.0 Å². The number of carbonyl (C=O) groups excluding carboxylic acids is 2. The van der Waals surface area contributed by atoms with E-state index in [0.717, 1.165) is 0 Å².